The molecule has 5 heteroatoms. The Kier molecular flexibility index (Phi) is 4.94. The number of hydrogen-bond donors (Lipinski definition) is 2. The van der Waals surface area contributed by atoms with Gasteiger partial charge >= 0.3 is 6.09 Å². The van der Waals surface area contributed by atoms with E-state index >= 15 is 0 Å². The fourth-order valence-electron chi connectivity index (χ4n) is 1.73. The van der Waals surface area contributed by atoms with Gasteiger partial charge in [-0.2, -0.15) is 0 Å². The van der Waals surface area contributed by atoms with Crippen molar-refractivity contribution in [2.24, 2.45) is 0 Å². The lowest BCUT2D eigenvalue weighted by atomic mass is 10.2. The molecular weight excluding hydrogens is 246 g/mol. The summed E-state index contributed by atoms with van der Waals surface area (Å²) >= 11 is 0. The summed E-state index contributed by atoms with van der Waals surface area (Å²) in [6, 6.07) is 9.40. The van der Waals surface area contributed by atoms with Gasteiger partial charge in [0.05, 0.1) is 6.61 Å². The van der Waals surface area contributed by atoms with Gasteiger partial charge in [-0.05, 0) is 5.56 Å². The topological polar surface area (TPSA) is 67.8 Å². The van der Waals surface area contributed by atoms with Crippen molar-refractivity contribution in [2.45, 2.75) is 18.8 Å². The molecule has 0 unspecified atom stereocenters. The highest BCUT2D eigenvalue weighted by Gasteiger charge is 2.20. The molecule has 19 heavy (non-hydrogen) atoms. The Bertz CT molecular complexity index is 432. The number of hydrogen-bond acceptors (Lipinski definition) is 4. The molecule has 1 heterocycles. The maximum atomic E-state index is 11.4. The van der Waals surface area contributed by atoms with E-state index in [1.165, 1.54) is 0 Å². The van der Waals surface area contributed by atoms with Crippen LogP contribution in [0.4, 0.5) is 4.79 Å². The fraction of sp³-hybridized carbons (Fsp3) is 0.357. The van der Waals surface area contributed by atoms with Crippen LogP contribution in [-0.4, -0.2) is 36.6 Å². The largest absolute Gasteiger partial charge is 0.445 e. The number of alkyl carbamates (subject to hydrolysis) is 1. The van der Waals surface area contributed by atoms with Gasteiger partial charge in [-0.3, -0.25) is 0 Å². The number of carbonyl (C=O) groups is 1. The summed E-state index contributed by atoms with van der Waals surface area (Å²) < 4.78 is 10.2. The van der Waals surface area contributed by atoms with Gasteiger partial charge in [-0.1, -0.05) is 42.5 Å². The van der Waals surface area contributed by atoms with E-state index in [1.807, 2.05) is 36.4 Å². The second kappa shape index (κ2) is 6.92. The fourth-order valence-corrected chi connectivity index (χ4v) is 1.73. The lowest BCUT2D eigenvalue weighted by molar-refractivity contribution is 0.0136. The minimum atomic E-state index is -0.761. The van der Waals surface area contributed by atoms with Gasteiger partial charge in [0.15, 0.2) is 0 Å². The van der Waals surface area contributed by atoms with Crippen molar-refractivity contribution in [1.82, 2.24) is 5.32 Å². The van der Waals surface area contributed by atoms with Gasteiger partial charge in [-0.25, -0.2) is 4.79 Å². The molecule has 0 fully saturated rings. The highest BCUT2D eigenvalue weighted by Crippen LogP contribution is 2.07. The lowest BCUT2D eigenvalue weighted by Gasteiger charge is -2.16. The first-order chi connectivity index (χ1) is 9.25. The van der Waals surface area contributed by atoms with Gasteiger partial charge in [0.1, 0.15) is 18.8 Å². The van der Waals surface area contributed by atoms with Crippen molar-refractivity contribution < 1.29 is 19.4 Å². The first kappa shape index (κ1) is 13.6. The molecule has 0 spiro atoms. The Morgan fingerprint density at radius 3 is 2.95 bits per heavy atom. The van der Waals surface area contributed by atoms with E-state index in [2.05, 4.69) is 5.32 Å². The first-order valence-corrected chi connectivity index (χ1v) is 6.16. The summed E-state index contributed by atoms with van der Waals surface area (Å²) in [5.41, 5.74) is 0.917. The summed E-state index contributed by atoms with van der Waals surface area (Å²) in [4.78, 5) is 11.4. The molecule has 1 aromatic carbocycles. The molecule has 0 saturated heterocycles. The van der Waals surface area contributed by atoms with Crippen LogP contribution in [0.15, 0.2) is 42.5 Å². The van der Waals surface area contributed by atoms with Crippen LogP contribution in [0.25, 0.3) is 0 Å². The van der Waals surface area contributed by atoms with Gasteiger partial charge in [0.25, 0.3) is 0 Å². The molecule has 2 atom stereocenters. The molecule has 0 aliphatic carbocycles. The number of aliphatic hydroxyl groups is 1. The lowest BCUT2D eigenvalue weighted by Crippen LogP contribution is -2.38. The third-order valence-corrected chi connectivity index (χ3v) is 2.76. The van der Waals surface area contributed by atoms with Crippen LogP contribution in [0.3, 0.4) is 0 Å². The normalized spacial score (nSPS) is 19.1. The van der Waals surface area contributed by atoms with Crippen LogP contribution >= 0.6 is 0 Å². The van der Waals surface area contributed by atoms with Crippen molar-refractivity contribution in [2.75, 3.05) is 13.2 Å². The molecule has 0 saturated carbocycles. The van der Waals surface area contributed by atoms with Crippen LogP contribution in [0, 0.1) is 0 Å². The van der Waals surface area contributed by atoms with E-state index in [0.29, 0.717) is 6.61 Å². The minimum Gasteiger partial charge on any atom is -0.445 e. The van der Waals surface area contributed by atoms with Gasteiger partial charge in [-0.15, -0.1) is 0 Å². The number of carbonyl (C=O) groups excluding carboxylic acids is 1. The highest BCUT2D eigenvalue weighted by atomic mass is 16.5. The van der Waals surface area contributed by atoms with Crippen LogP contribution in [0.1, 0.15) is 5.56 Å². The first-order valence-electron chi connectivity index (χ1n) is 6.16. The zero-order chi connectivity index (χ0) is 13.5. The average Bonchev–Trinajstić information content (AvgIpc) is 2.98. The van der Waals surface area contributed by atoms with E-state index in [0.717, 1.165) is 5.56 Å². The minimum absolute atomic E-state index is 0.0998. The summed E-state index contributed by atoms with van der Waals surface area (Å²) in [5, 5.41) is 12.2. The third-order valence-electron chi connectivity index (χ3n) is 2.76. The zero-order valence-electron chi connectivity index (χ0n) is 10.5. The van der Waals surface area contributed by atoms with E-state index in [4.69, 9.17) is 9.47 Å². The molecule has 5 nitrogen and oxygen atoms in total. The summed E-state index contributed by atoms with van der Waals surface area (Å²) in [5.74, 6) is 0. The summed E-state index contributed by atoms with van der Waals surface area (Å²) in [6.45, 7) is 0.811. The molecule has 1 amide bonds. The number of nitrogens with one attached hydrogen (secondary N) is 1. The van der Waals surface area contributed by atoms with Gasteiger partial charge in [0.2, 0.25) is 0 Å². The van der Waals surface area contributed by atoms with Crippen molar-refractivity contribution in [3.05, 3.63) is 48.0 Å². The number of rotatable bonds is 5. The Balaban J connectivity index is 1.65. The van der Waals surface area contributed by atoms with Gasteiger partial charge < -0.3 is 19.9 Å². The number of ether oxygens (including phenoxy) is 2. The molecular formula is C14H17NO4. The zero-order valence-corrected chi connectivity index (χ0v) is 10.5. The van der Waals surface area contributed by atoms with Crippen LogP contribution < -0.4 is 5.32 Å². The van der Waals surface area contributed by atoms with Crippen molar-refractivity contribution in [3.63, 3.8) is 0 Å². The summed E-state index contributed by atoms with van der Waals surface area (Å²) in [7, 11) is 0. The number of benzene rings is 1. The second-order valence-corrected chi connectivity index (χ2v) is 4.24. The van der Waals surface area contributed by atoms with E-state index in [9.17, 15) is 9.90 Å². The Morgan fingerprint density at radius 2 is 2.26 bits per heavy atom. The highest BCUT2D eigenvalue weighted by molar-refractivity contribution is 5.67. The van der Waals surface area contributed by atoms with Crippen LogP contribution in [0.5, 0.6) is 0 Å². The predicted molar refractivity (Wildman–Crippen MR) is 69.5 cm³/mol. The van der Waals surface area contributed by atoms with Crippen molar-refractivity contribution in [1.29, 1.82) is 0 Å². The molecule has 102 valence electrons. The maximum Gasteiger partial charge on any atom is 0.407 e. The standard InChI is InChI=1S/C14H17NO4/c16-12(13-7-4-8-18-13)9-15-14(17)19-10-11-5-2-1-3-6-11/h1-7,12-13,16H,8-10H2,(H,15,17)/t12-,13+/m0/s1. The molecule has 2 N–H and O–H groups in total. The molecule has 1 aromatic rings. The van der Waals surface area contributed by atoms with Gasteiger partial charge in [0, 0.05) is 6.54 Å². The molecule has 0 radical (unpaired) electrons. The second-order valence-electron chi connectivity index (χ2n) is 4.24. The van der Waals surface area contributed by atoms with E-state index in [-0.39, 0.29) is 19.3 Å². The van der Waals surface area contributed by atoms with Crippen LogP contribution in [-0.2, 0) is 16.1 Å². The molecule has 1 aliphatic rings. The Morgan fingerprint density at radius 1 is 1.47 bits per heavy atom. The van der Waals surface area contributed by atoms with E-state index < -0.39 is 12.2 Å². The third kappa shape index (κ3) is 4.39. The maximum absolute atomic E-state index is 11.4. The SMILES string of the molecule is O=C(NC[C@H](O)[C@H]1C=CCO1)OCc1ccccc1. The molecule has 2 rings (SSSR count). The predicted octanol–water partition coefficient (Wildman–Crippen LogP) is 1.23. The van der Waals surface area contributed by atoms with Crippen molar-refractivity contribution >= 4 is 6.09 Å². The molecule has 0 bridgehead atoms. The average molecular weight is 263 g/mol. The monoisotopic (exact) mass is 263 g/mol. The Labute approximate surface area is 111 Å². The number of amides is 1. The number of aliphatic hydroxyl groups excluding tert-OH is 1. The molecule has 1 aliphatic heterocycles. The smallest absolute Gasteiger partial charge is 0.407 e. The summed E-state index contributed by atoms with van der Waals surface area (Å²) in [6.07, 6.45) is 1.95. The van der Waals surface area contributed by atoms with E-state index in [1.54, 1.807) is 6.08 Å². The quantitative estimate of drug-likeness (QED) is 0.784. The molecule has 0 aromatic heterocycles. The Hall–Kier alpha value is -1.85. The van der Waals surface area contributed by atoms with Crippen molar-refractivity contribution in [3.8, 4) is 0 Å². The van der Waals surface area contributed by atoms with Crippen LogP contribution in [0.2, 0.25) is 0 Å².